The third kappa shape index (κ3) is 1.92. The third-order valence-electron chi connectivity index (χ3n) is 3.81. The van der Waals surface area contributed by atoms with Crippen LogP contribution in [0.15, 0.2) is 48.9 Å². The molecular formula is C16H16N6. The van der Waals surface area contributed by atoms with Crippen LogP contribution in [0.2, 0.25) is 0 Å². The Balaban J connectivity index is 1.78. The molecule has 4 aromatic rings. The maximum absolute atomic E-state index is 4.65. The standard InChI is InChI=1S/C16H16N6/c1-3-21-9-8-13(19-21)12-10-17-22(11-12)16-18-14-6-4-5-7-15(14)20(16)2/h4-11H,3H2,1-2H3. The molecule has 0 radical (unpaired) electrons. The minimum Gasteiger partial charge on any atom is -0.311 e. The van der Waals surface area contributed by atoms with Gasteiger partial charge in [-0.25, -0.2) is 9.67 Å². The Morgan fingerprint density at radius 1 is 1.14 bits per heavy atom. The van der Waals surface area contributed by atoms with Crippen molar-refractivity contribution < 1.29 is 0 Å². The van der Waals surface area contributed by atoms with E-state index in [9.17, 15) is 0 Å². The molecule has 3 heterocycles. The first kappa shape index (κ1) is 12.8. The zero-order chi connectivity index (χ0) is 15.1. The van der Waals surface area contributed by atoms with Gasteiger partial charge in [-0.2, -0.15) is 10.2 Å². The second-order valence-corrected chi connectivity index (χ2v) is 5.19. The van der Waals surface area contributed by atoms with E-state index in [1.807, 2.05) is 59.2 Å². The summed E-state index contributed by atoms with van der Waals surface area (Å²) in [6, 6.07) is 10.1. The smallest absolute Gasteiger partial charge is 0.231 e. The quantitative estimate of drug-likeness (QED) is 0.583. The van der Waals surface area contributed by atoms with E-state index in [1.165, 1.54) is 0 Å². The maximum Gasteiger partial charge on any atom is 0.231 e. The van der Waals surface area contributed by atoms with Gasteiger partial charge in [-0.1, -0.05) is 12.1 Å². The minimum absolute atomic E-state index is 0.794. The van der Waals surface area contributed by atoms with Gasteiger partial charge in [0.25, 0.3) is 0 Å². The molecule has 110 valence electrons. The van der Waals surface area contributed by atoms with Gasteiger partial charge in [0, 0.05) is 31.5 Å². The first-order valence-corrected chi connectivity index (χ1v) is 7.26. The molecule has 0 aliphatic carbocycles. The number of aryl methyl sites for hydroxylation is 2. The highest BCUT2D eigenvalue weighted by Crippen LogP contribution is 2.20. The number of benzene rings is 1. The predicted octanol–water partition coefficient (Wildman–Crippen LogP) is 2.64. The van der Waals surface area contributed by atoms with Crippen molar-refractivity contribution in [1.82, 2.24) is 29.1 Å². The monoisotopic (exact) mass is 292 g/mol. The summed E-state index contributed by atoms with van der Waals surface area (Å²) in [6.07, 6.45) is 5.76. The van der Waals surface area contributed by atoms with Gasteiger partial charge in [-0.3, -0.25) is 4.68 Å². The van der Waals surface area contributed by atoms with Gasteiger partial charge in [-0.15, -0.1) is 0 Å². The first-order valence-electron chi connectivity index (χ1n) is 7.26. The van der Waals surface area contributed by atoms with Crippen LogP contribution >= 0.6 is 0 Å². The van der Waals surface area contributed by atoms with Crippen molar-refractivity contribution in [3.63, 3.8) is 0 Å². The lowest BCUT2D eigenvalue weighted by atomic mass is 10.3. The topological polar surface area (TPSA) is 53.5 Å². The number of para-hydroxylation sites is 2. The van der Waals surface area contributed by atoms with Crippen LogP contribution < -0.4 is 0 Å². The second kappa shape index (κ2) is 4.84. The summed E-state index contributed by atoms with van der Waals surface area (Å²) in [5.74, 6) is 0.794. The average molecular weight is 292 g/mol. The zero-order valence-electron chi connectivity index (χ0n) is 12.5. The second-order valence-electron chi connectivity index (χ2n) is 5.19. The van der Waals surface area contributed by atoms with E-state index in [0.29, 0.717) is 0 Å². The summed E-state index contributed by atoms with van der Waals surface area (Å²) in [5, 5.41) is 8.95. The average Bonchev–Trinajstić information content (AvgIpc) is 3.25. The molecule has 0 aliphatic heterocycles. The van der Waals surface area contributed by atoms with Crippen LogP contribution in [-0.2, 0) is 13.6 Å². The fraction of sp³-hybridized carbons (Fsp3) is 0.188. The van der Waals surface area contributed by atoms with Gasteiger partial charge in [0.2, 0.25) is 5.95 Å². The van der Waals surface area contributed by atoms with E-state index in [1.54, 1.807) is 4.68 Å². The highest BCUT2D eigenvalue weighted by atomic mass is 15.4. The van der Waals surface area contributed by atoms with Gasteiger partial charge >= 0.3 is 0 Å². The van der Waals surface area contributed by atoms with Crippen LogP contribution in [0.4, 0.5) is 0 Å². The van der Waals surface area contributed by atoms with Gasteiger partial charge < -0.3 is 4.57 Å². The van der Waals surface area contributed by atoms with Crippen LogP contribution in [0.3, 0.4) is 0 Å². The van der Waals surface area contributed by atoms with Crippen molar-refractivity contribution in [2.45, 2.75) is 13.5 Å². The summed E-state index contributed by atoms with van der Waals surface area (Å²) < 4.78 is 5.73. The van der Waals surface area contributed by atoms with Crippen molar-refractivity contribution in [3.8, 4) is 17.2 Å². The maximum atomic E-state index is 4.65. The molecule has 6 heteroatoms. The highest BCUT2D eigenvalue weighted by molar-refractivity contribution is 5.77. The van der Waals surface area contributed by atoms with Gasteiger partial charge in [0.15, 0.2) is 0 Å². The minimum atomic E-state index is 0.794. The van der Waals surface area contributed by atoms with E-state index < -0.39 is 0 Å². The van der Waals surface area contributed by atoms with Crippen molar-refractivity contribution in [2.24, 2.45) is 7.05 Å². The van der Waals surface area contributed by atoms with Crippen LogP contribution in [0.1, 0.15) is 6.92 Å². The summed E-state index contributed by atoms with van der Waals surface area (Å²) in [4.78, 5) is 4.65. The Morgan fingerprint density at radius 2 is 2.00 bits per heavy atom. The number of hydrogen-bond donors (Lipinski definition) is 0. The fourth-order valence-corrected chi connectivity index (χ4v) is 2.59. The van der Waals surface area contributed by atoms with Crippen LogP contribution in [0.25, 0.3) is 28.2 Å². The number of imidazole rings is 1. The summed E-state index contributed by atoms with van der Waals surface area (Å²) in [5.41, 5.74) is 3.96. The summed E-state index contributed by atoms with van der Waals surface area (Å²) in [6.45, 7) is 2.93. The van der Waals surface area contributed by atoms with E-state index in [2.05, 4.69) is 28.2 Å². The van der Waals surface area contributed by atoms with Crippen LogP contribution in [0.5, 0.6) is 0 Å². The Labute approximate surface area is 127 Å². The first-order chi connectivity index (χ1) is 10.8. The lowest BCUT2D eigenvalue weighted by Crippen LogP contribution is -2.03. The molecule has 0 spiro atoms. The van der Waals surface area contributed by atoms with E-state index in [-0.39, 0.29) is 0 Å². The fourth-order valence-electron chi connectivity index (χ4n) is 2.59. The molecular weight excluding hydrogens is 276 g/mol. The molecule has 0 atom stereocenters. The normalized spacial score (nSPS) is 11.4. The Morgan fingerprint density at radius 3 is 2.77 bits per heavy atom. The molecule has 6 nitrogen and oxygen atoms in total. The number of aromatic nitrogens is 6. The van der Waals surface area contributed by atoms with Crippen molar-refractivity contribution in [3.05, 3.63) is 48.9 Å². The Bertz CT molecular complexity index is 943. The number of nitrogens with zero attached hydrogens (tertiary/aromatic N) is 6. The molecule has 0 N–H and O–H groups in total. The highest BCUT2D eigenvalue weighted by Gasteiger charge is 2.12. The van der Waals surface area contributed by atoms with Crippen LogP contribution in [-0.4, -0.2) is 29.1 Å². The zero-order valence-corrected chi connectivity index (χ0v) is 12.5. The van der Waals surface area contributed by atoms with Crippen LogP contribution in [0, 0.1) is 0 Å². The molecule has 3 aromatic heterocycles. The van der Waals surface area contributed by atoms with Crippen molar-refractivity contribution in [1.29, 1.82) is 0 Å². The molecule has 0 saturated heterocycles. The molecule has 4 rings (SSSR count). The third-order valence-corrected chi connectivity index (χ3v) is 3.81. The number of fused-ring (bicyclic) bond motifs is 1. The van der Waals surface area contributed by atoms with Gasteiger partial charge in [-0.05, 0) is 25.1 Å². The largest absolute Gasteiger partial charge is 0.311 e. The molecule has 1 aromatic carbocycles. The van der Waals surface area contributed by atoms with E-state index >= 15 is 0 Å². The van der Waals surface area contributed by atoms with E-state index in [4.69, 9.17) is 0 Å². The SMILES string of the molecule is CCn1ccc(-c2cnn(-c3nc4ccccc4n3C)c2)n1. The summed E-state index contributed by atoms with van der Waals surface area (Å²) in [7, 11) is 2.00. The lowest BCUT2D eigenvalue weighted by Gasteiger charge is -2.00. The van der Waals surface area contributed by atoms with Gasteiger partial charge in [0.1, 0.15) is 0 Å². The number of hydrogen-bond acceptors (Lipinski definition) is 3. The molecule has 0 aliphatic rings. The van der Waals surface area contributed by atoms with Gasteiger partial charge in [0.05, 0.1) is 22.9 Å². The molecule has 0 amide bonds. The number of rotatable bonds is 3. The lowest BCUT2D eigenvalue weighted by molar-refractivity contribution is 0.662. The Kier molecular flexibility index (Phi) is 2.82. The van der Waals surface area contributed by atoms with Crippen molar-refractivity contribution in [2.75, 3.05) is 0 Å². The molecule has 0 saturated carbocycles. The predicted molar refractivity (Wildman–Crippen MR) is 84.7 cm³/mol. The summed E-state index contributed by atoms with van der Waals surface area (Å²) >= 11 is 0. The molecule has 0 bridgehead atoms. The molecule has 22 heavy (non-hydrogen) atoms. The van der Waals surface area contributed by atoms with E-state index in [0.717, 1.165) is 34.8 Å². The molecule has 0 unspecified atom stereocenters. The Hall–Kier alpha value is -2.89. The van der Waals surface area contributed by atoms with Crippen molar-refractivity contribution >= 4 is 11.0 Å². The molecule has 0 fully saturated rings.